The van der Waals surface area contributed by atoms with Crippen LogP contribution in [0.2, 0.25) is 0 Å². The molecular formula is C2Eu2Gd2O4Y2. The van der Waals surface area contributed by atoms with Crippen LogP contribution in [-0.4, -0.2) is 11.9 Å². The van der Waals surface area contributed by atoms with E-state index in [1.54, 1.807) is 0 Å². The first-order valence-corrected chi connectivity index (χ1v) is 3.36. The minimum atomic E-state index is -0.941. The zero-order valence-corrected chi connectivity index (χ0v) is 20.3. The second kappa shape index (κ2) is 23.1. The van der Waals surface area contributed by atoms with Crippen molar-refractivity contribution in [1.82, 2.24) is 0 Å². The van der Waals surface area contributed by atoms with E-state index in [1.807, 2.05) is 0 Å². The molecule has 0 amide bonds. The Bertz CT molecular complexity index is 112. The molecule has 0 aliphatic heterocycles. The van der Waals surface area contributed by atoms with Crippen LogP contribution in [0, 0.1) is 175 Å². The van der Waals surface area contributed by atoms with E-state index in [2.05, 4.69) is -0.0121 Å². The van der Waals surface area contributed by atoms with Gasteiger partial charge in [-0.1, -0.05) is 0 Å². The number of hydrogen-bond acceptors (Lipinski definition) is 4. The number of hydrogen-bond donors (Lipinski definition) is 0. The Hall–Kier alpha value is 6.97. The van der Waals surface area contributed by atoms with Gasteiger partial charge in [0.15, 0.2) is 0 Å². The number of rotatable bonds is 0. The molecule has 12 heavy (non-hydrogen) atoms. The molecule has 0 aromatic heterocycles. The molecule has 0 aromatic carbocycles. The van der Waals surface area contributed by atoms with Crippen molar-refractivity contribution >= 4 is 11.9 Å². The van der Waals surface area contributed by atoms with Gasteiger partial charge in [0.1, 0.15) is 0 Å². The molecule has 4 nitrogen and oxygen atoms in total. The van der Waals surface area contributed by atoms with Gasteiger partial charge in [0.2, 0.25) is 0 Å². The Labute approximate surface area is 253 Å². The van der Waals surface area contributed by atoms with Crippen LogP contribution in [0.1, 0.15) is 0 Å². The van der Waals surface area contributed by atoms with Gasteiger partial charge in [0.05, 0.1) is 0 Å². The summed E-state index contributed by atoms with van der Waals surface area (Å²) in [4.78, 5) is 20.1. The Morgan fingerprint density at radius 2 is 1.00 bits per heavy atom. The average molecular weight is 884 g/mol. The average Bonchev–Trinajstić information content (AvgIpc) is 1.84. The third-order valence-electron chi connectivity index (χ3n) is 0.307. The van der Waals surface area contributed by atoms with E-state index < -0.39 is 11.9 Å². The molecule has 0 aliphatic rings. The van der Waals surface area contributed by atoms with Crippen molar-refractivity contribution in [3.8, 4) is 0 Å². The van der Waals surface area contributed by atoms with Crippen LogP contribution in [0.5, 0.6) is 0 Å². The maximum Gasteiger partial charge on any atom is 0 e. The molecule has 2 radical (unpaired) electrons. The normalized spacial score (nSPS) is 5.17. The van der Waals surface area contributed by atoms with Crippen molar-refractivity contribution in [2.24, 2.45) is 0 Å². The van der Waals surface area contributed by atoms with Gasteiger partial charge >= 0.3 is 117 Å². The van der Waals surface area contributed by atoms with Crippen molar-refractivity contribution in [2.45, 2.75) is 0 Å². The predicted molar refractivity (Wildman–Crippen MR) is 12.2 cm³/mol. The van der Waals surface area contributed by atoms with Crippen LogP contribution in [0.25, 0.3) is 0 Å². The molecule has 0 unspecified atom stereocenters. The summed E-state index contributed by atoms with van der Waals surface area (Å²) in [5, 5.41) is 0. The fourth-order valence-electron chi connectivity index (χ4n) is 0.0630. The van der Waals surface area contributed by atoms with Crippen molar-refractivity contribution in [3.05, 3.63) is 0 Å². The Balaban J connectivity index is -0.0000000408. The second-order valence-electron chi connectivity index (χ2n) is 0.729. The van der Waals surface area contributed by atoms with E-state index in [0.29, 0.717) is 0 Å². The molecule has 0 saturated carbocycles. The van der Waals surface area contributed by atoms with Gasteiger partial charge in [-0.15, -0.1) is 0 Å². The fourth-order valence-corrected chi connectivity index (χ4v) is 0.467. The van der Waals surface area contributed by atoms with Crippen molar-refractivity contribution in [1.29, 1.82) is 0 Å². The summed E-state index contributed by atoms with van der Waals surface area (Å²) >= 11 is 1.52. The number of carbonyl (C=O) groups is 2. The number of carbonyl (C=O) groups excluding carboxylic acids is 2. The smallest absolute Gasteiger partial charge is 0 e. The molecular weight excluding hydrogens is 884 g/mol. The first-order chi connectivity index (χ1) is 3.72. The maximum absolute atomic E-state index is 10.1. The molecule has 0 heterocycles. The largest absolute Gasteiger partial charge is 0 e. The van der Waals surface area contributed by atoms with Gasteiger partial charge in [-0.05, 0) is 0 Å². The first kappa shape index (κ1) is 31.4. The SMILES string of the molecule is O=C([O][Eu])C(=O)[O][Eu].[Gd].[Gd].[Y].[Y]. The summed E-state index contributed by atoms with van der Waals surface area (Å²) in [7, 11) is 0. The third kappa shape index (κ3) is 19.3. The van der Waals surface area contributed by atoms with Gasteiger partial charge in [-0.3, -0.25) is 0 Å². The van der Waals surface area contributed by atoms with Crippen molar-refractivity contribution in [3.63, 3.8) is 0 Å². The Morgan fingerprint density at radius 1 is 0.833 bits per heavy atom. The van der Waals surface area contributed by atoms with Crippen molar-refractivity contribution < 1.29 is 250 Å². The molecule has 0 bridgehead atoms. The van der Waals surface area contributed by atoms with E-state index in [-0.39, 0.29) is 145 Å². The third-order valence-corrected chi connectivity index (χ3v) is 1.21. The van der Waals surface area contributed by atoms with E-state index in [0.717, 1.165) is 95.4 Å². The fraction of sp³-hybridized carbons (Fsp3) is 0. The van der Waals surface area contributed by atoms with Gasteiger partial charge in [0.25, 0.3) is 0 Å². The zero-order valence-electron chi connectivity index (χ0n) is 5.25. The summed E-state index contributed by atoms with van der Waals surface area (Å²) in [6, 6.07) is 0. The molecule has 68 valence electrons. The van der Waals surface area contributed by atoms with E-state index in [4.69, 9.17) is 0 Å². The summed E-state index contributed by atoms with van der Waals surface area (Å²) in [6.07, 6.45) is 0. The van der Waals surface area contributed by atoms with Crippen LogP contribution < -0.4 is 0 Å². The summed E-state index contributed by atoms with van der Waals surface area (Å²) in [6.45, 7) is 0. The molecule has 10 heteroatoms. The van der Waals surface area contributed by atoms with Gasteiger partial charge < -0.3 is 0 Å². The monoisotopic (exact) mass is 887 g/mol. The molecule has 0 spiro atoms. The Kier molecular flexibility index (Phi) is 60.4. The summed E-state index contributed by atoms with van der Waals surface area (Å²) in [5.41, 5.74) is 0. The standard InChI is InChI=1S/C2H2O4.2Eu.2Gd.2Y/c3-1(4)2(5)6;;;;;;/h(H,3,4)(H,5,6);;;;;;/q;2*+1;;;;/p-2. The molecule has 0 N–H and O–H groups in total. The molecule has 0 fully saturated rings. The van der Waals surface area contributed by atoms with Crippen LogP contribution in [0.3, 0.4) is 0 Å². The van der Waals surface area contributed by atoms with Gasteiger partial charge in [-0.2, -0.15) is 0 Å². The molecule has 0 aliphatic carbocycles. The first-order valence-electron chi connectivity index (χ1n) is 1.38. The predicted octanol–water partition coefficient (Wildman–Crippen LogP) is -1.00. The van der Waals surface area contributed by atoms with Gasteiger partial charge in [0, 0.05) is 145 Å². The van der Waals surface area contributed by atoms with Gasteiger partial charge in [-0.25, -0.2) is 0 Å². The molecule has 0 atom stereocenters. The minimum Gasteiger partial charge on any atom is 0 e. The van der Waals surface area contributed by atoms with Crippen LogP contribution in [-0.2, 0) is 75.0 Å². The Morgan fingerprint density at radius 3 is 1.08 bits per heavy atom. The molecule has 0 aromatic rings. The summed E-state index contributed by atoms with van der Waals surface area (Å²) in [5.74, 6) is -1.88. The topological polar surface area (TPSA) is 52.6 Å². The second-order valence-corrected chi connectivity index (χ2v) is 1.72. The van der Waals surface area contributed by atoms with E-state index in [9.17, 15) is 9.59 Å². The van der Waals surface area contributed by atoms with Crippen LogP contribution in [0.4, 0.5) is 0 Å². The zero-order chi connectivity index (χ0) is 6.57. The maximum atomic E-state index is 10.1. The molecule has 0 saturated heterocycles. The van der Waals surface area contributed by atoms with Crippen LogP contribution >= 0.6 is 0 Å². The van der Waals surface area contributed by atoms with E-state index in [1.165, 1.54) is 0 Å². The molecule has 0 rings (SSSR count). The minimum absolute atomic E-state index is 0. The van der Waals surface area contributed by atoms with Crippen molar-refractivity contribution in [2.75, 3.05) is 0 Å². The van der Waals surface area contributed by atoms with Crippen LogP contribution in [0.15, 0.2) is 0 Å². The quantitative estimate of drug-likeness (QED) is 0.294. The summed E-state index contributed by atoms with van der Waals surface area (Å²) < 4.78 is 8.11. The van der Waals surface area contributed by atoms with E-state index >= 15 is 0 Å².